The van der Waals surface area contributed by atoms with Crippen LogP contribution in [0.2, 0.25) is 0 Å². The highest BCUT2D eigenvalue weighted by atomic mass is 16.5. The van der Waals surface area contributed by atoms with Crippen molar-refractivity contribution in [2.45, 2.75) is 19.8 Å². The van der Waals surface area contributed by atoms with Gasteiger partial charge < -0.3 is 9.47 Å². The van der Waals surface area contributed by atoms with Gasteiger partial charge in [-0.3, -0.25) is 9.80 Å². The standard InChI is InChI=1S/C14H19N3O3/c1-10(18)11-8-13(19-2)14(20-3)9-12(11)15-16-17-6-4-5-7-17/h8-9H,4-7H2,1-3H3/b16-15+. The van der Waals surface area contributed by atoms with E-state index in [0.29, 0.717) is 22.7 Å². The molecule has 0 bridgehead atoms. The van der Waals surface area contributed by atoms with Crippen molar-refractivity contribution in [2.75, 3.05) is 27.3 Å². The second-order valence-electron chi connectivity index (χ2n) is 4.63. The molecule has 1 aromatic rings. The second kappa shape index (κ2) is 6.36. The van der Waals surface area contributed by atoms with Gasteiger partial charge in [0.1, 0.15) is 5.69 Å². The van der Waals surface area contributed by atoms with E-state index in [2.05, 4.69) is 10.3 Å². The van der Waals surface area contributed by atoms with Crippen molar-refractivity contribution in [1.82, 2.24) is 5.01 Å². The van der Waals surface area contributed by atoms with E-state index in [-0.39, 0.29) is 5.78 Å². The summed E-state index contributed by atoms with van der Waals surface area (Å²) in [7, 11) is 3.08. The van der Waals surface area contributed by atoms with E-state index in [9.17, 15) is 4.79 Å². The summed E-state index contributed by atoms with van der Waals surface area (Å²) in [5.41, 5.74) is 0.979. The zero-order chi connectivity index (χ0) is 14.5. The lowest BCUT2D eigenvalue weighted by Crippen LogP contribution is -2.09. The van der Waals surface area contributed by atoms with Gasteiger partial charge in [-0.2, -0.15) is 0 Å². The number of benzene rings is 1. The molecule has 108 valence electrons. The topological polar surface area (TPSA) is 63.5 Å². The zero-order valence-corrected chi connectivity index (χ0v) is 12.0. The number of hydrogen-bond donors (Lipinski definition) is 0. The van der Waals surface area contributed by atoms with E-state index in [0.717, 1.165) is 25.9 Å². The number of hydrogen-bond acceptors (Lipinski definition) is 5. The van der Waals surface area contributed by atoms with Crippen LogP contribution in [0.1, 0.15) is 30.1 Å². The molecular formula is C14H19N3O3. The summed E-state index contributed by atoms with van der Waals surface area (Å²) in [4.78, 5) is 11.7. The van der Waals surface area contributed by atoms with Crippen LogP contribution in [-0.4, -0.2) is 38.1 Å². The predicted octanol–water partition coefficient (Wildman–Crippen LogP) is 3.00. The monoisotopic (exact) mass is 277 g/mol. The van der Waals surface area contributed by atoms with Crippen molar-refractivity contribution in [1.29, 1.82) is 0 Å². The van der Waals surface area contributed by atoms with Crippen molar-refractivity contribution in [3.05, 3.63) is 17.7 Å². The summed E-state index contributed by atoms with van der Waals surface area (Å²) in [5, 5.41) is 10.3. The minimum atomic E-state index is -0.0821. The summed E-state index contributed by atoms with van der Waals surface area (Å²) >= 11 is 0. The van der Waals surface area contributed by atoms with Crippen LogP contribution in [0.25, 0.3) is 0 Å². The third-order valence-electron chi connectivity index (χ3n) is 3.24. The third kappa shape index (κ3) is 3.07. The molecule has 0 N–H and O–H groups in total. The molecule has 6 heteroatoms. The van der Waals surface area contributed by atoms with Crippen LogP contribution in [0.5, 0.6) is 11.5 Å². The number of nitrogens with zero attached hydrogens (tertiary/aromatic N) is 3. The van der Waals surface area contributed by atoms with Gasteiger partial charge in [0, 0.05) is 24.7 Å². The summed E-state index contributed by atoms with van der Waals surface area (Å²) in [6.45, 7) is 3.31. The Kier molecular flexibility index (Phi) is 4.55. The Morgan fingerprint density at radius 2 is 1.75 bits per heavy atom. The van der Waals surface area contributed by atoms with Gasteiger partial charge in [-0.1, -0.05) is 5.22 Å². The van der Waals surface area contributed by atoms with Crippen molar-refractivity contribution in [2.24, 2.45) is 10.3 Å². The van der Waals surface area contributed by atoms with Crippen LogP contribution < -0.4 is 9.47 Å². The van der Waals surface area contributed by atoms with Gasteiger partial charge in [0.15, 0.2) is 17.3 Å². The first-order valence-electron chi connectivity index (χ1n) is 6.59. The molecule has 0 amide bonds. The highest BCUT2D eigenvalue weighted by Crippen LogP contribution is 2.35. The van der Waals surface area contributed by atoms with Crippen LogP contribution in [0.4, 0.5) is 5.69 Å². The molecule has 1 aliphatic rings. The first-order chi connectivity index (χ1) is 9.65. The van der Waals surface area contributed by atoms with E-state index in [4.69, 9.17) is 9.47 Å². The summed E-state index contributed by atoms with van der Waals surface area (Å²) in [6.07, 6.45) is 2.26. The number of carbonyl (C=O) groups excluding carboxylic acids is 1. The number of ether oxygens (including phenoxy) is 2. The van der Waals surface area contributed by atoms with Gasteiger partial charge in [0.05, 0.1) is 14.2 Å². The Balaban J connectivity index is 2.35. The predicted molar refractivity (Wildman–Crippen MR) is 74.9 cm³/mol. The Bertz CT molecular complexity index is 523. The molecular weight excluding hydrogens is 258 g/mol. The second-order valence-corrected chi connectivity index (χ2v) is 4.63. The molecule has 0 atom stereocenters. The highest BCUT2D eigenvalue weighted by molar-refractivity contribution is 5.99. The fourth-order valence-corrected chi connectivity index (χ4v) is 2.13. The Hall–Kier alpha value is -2.11. The molecule has 1 heterocycles. The average Bonchev–Trinajstić information content (AvgIpc) is 2.97. The molecule has 6 nitrogen and oxygen atoms in total. The van der Waals surface area contributed by atoms with Crippen molar-refractivity contribution < 1.29 is 14.3 Å². The molecule has 0 unspecified atom stereocenters. The quantitative estimate of drug-likeness (QED) is 0.613. The first kappa shape index (κ1) is 14.3. The molecule has 0 spiro atoms. The minimum Gasteiger partial charge on any atom is -0.493 e. The molecule has 0 saturated carbocycles. The van der Waals surface area contributed by atoms with Crippen LogP contribution in [0.15, 0.2) is 22.5 Å². The lowest BCUT2D eigenvalue weighted by atomic mass is 10.1. The van der Waals surface area contributed by atoms with E-state index in [1.807, 2.05) is 5.01 Å². The number of methoxy groups -OCH3 is 2. The van der Waals surface area contributed by atoms with Gasteiger partial charge in [-0.15, -0.1) is 5.11 Å². The Morgan fingerprint density at radius 1 is 1.15 bits per heavy atom. The molecule has 1 fully saturated rings. The van der Waals surface area contributed by atoms with Crippen molar-refractivity contribution in [3.8, 4) is 11.5 Å². The van der Waals surface area contributed by atoms with Gasteiger partial charge in [0.2, 0.25) is 0 Å². The number of ketones is 1. The largest absolute Gasteiger partial charge is 0.493 e. The van der Waals surface area contributed by atoms with Crippen LogP contribution >= 0.6 is 0 Å². The van der Waals surface area contributed by atoms with E-state index in [1.165, 1.54) is 14.0 Å². The average molecular weight is 277 g/mol. The van der Waals surface area contributed by atoms with E-state index < -0.39 is 0 Å². The van der Waals surface area contributed by atoms with Crippen molar-refractivity contribution >= 4 is 11.5 Å². The summed E-state index contributed by atoms with van der Waals surface area (Å²) in [5.74, 6) is 0.965. The van der Waals surface area contributed by atoms with Crippen LogP contribution in [-0.2, 0) is 0 Å². The molecule has 0 radical (unpaired) electrons. The van der Waals surface area contributed by atoms with Crippen molar-refractivity contribution in [3.63, 3.8) is 0 Å². The molecule has 1 aromatic carbocycles. The van der Waals surface area contributed by atoms with E-state index in [1.54, 1.807) is 19.2 Å². The fraction of sp³-hybridized carbons (Fsp3) is 0.500. The third-order valence-corrected chi connectivity index (χ3v) is 3.24. The fourth-order valence-electron chi connectivity index (χ4n) is 2.13. The minimum absolute atomic E-state index is 0.0821. The van der Waals surface area contributed by atoms with Gasteiger partial charge in [0.25, 0.3) is 0 Å². The van der Waals surface area contributed by atoms with Gasteiger partial charge >= 0.3 is 0 Å². The molecule has 0 aliphatic carbocycles. The first-order valence-corrected chi connectivity index (χ1v) is 6.59. The lowest BCUT2D eigenvalue weighted by Gasteiger charge is -2.11. The molecule has 1 aliphatic heterocycles. The Morgan fingerprint density at radius 3 is 2.30 bits per heavy atom. The molecule has 2 rings (SSSR count). The number of carbonyl (C=O) groups is 1. The van der Waals surface area contributed by atoms with Crippen LogP contribution in [0, 0.1) is 0 Å². The maximum atomic E-state index is 11.7. The maximum Gasteiger partial charge on any atom is 0.162 e. The van der Waals surface area contributed by atoms with Crippen LogP contribution in [0.3, 0.4) is 0 Å². The lowest BCUT2D eigenvalue weighted by molar-refractivity contribution is 0.101. The molecule has 0 aromatic heterocycles. The number of rotatable bonds is 5. The SMILES string of the molecule is COc1cc(/N=N/N2CCCC2)c(C(C)=O)cc1OC. The van der Waals surface area contributed by atoms with Gasteiger partial charge in [-0.05, 0) is 25.8 Å². The van der Waals surface area contributed by atoms with E-state index >= 15 is 0 Å². The summed E-state index contributed by atoms with van der Waals surface area (Å²) < 4.78 is 10.4. The zero-order valence-electron chi connectivity index (χ0n) is 12.0. The maximum absolute atomic E-state index is 11.7. The summed E-state index contributed by atoms with van der Waals surface area (Å²) in [6, 6.07) is 3.31. The molecule has 1 saturated heterocycles. The normalized spacial score (nSPS) is 14.8. The highest BCUT2D eigenvalue weighted by Gasteiger charge is 2.15. The Labute approximate surface area is 118 Å². The smallest absolute Gasteiger partial charge is 0.162 e. The number of Topliss-reactive ketones (excluding diaryl/α,β-unsaturated/α-hetero) is 1. The van der Waals surface area contributed by atoms with Gasteiger partial charge in [-0.25, -0.2) is 0 Å². The molecule has 20 heavy (non-hydrogen) atoms.